The number of ether oxygens (including phenoxy) is 2. The first-order chi connectivity index (χ1) is 8.31. The van der Waals surface area contributed by atoms with Crippen molar-refractivity contribution in [3.05, 3.63) is 0 Å². The third-order valence-corrected chi connectivity index (χ3v) is 3.97. The predicted octanol–water partition coefficient (Wildman–Crippen LogP) is 0.994. The van der Waals surface area contributed by atoms with E-state index in [9.17, 15) is 0 Å². The molecular formula is C13H26N2O2. The lowest BCUT2D eigenvalue weighted by Crippen LogP contribution is -2.49. The molecule has 0 spiro atoms. The number of nitrogens with zero attached hydrogens (tertiary/aromatic N) is 1. The number of likely N-dealkylation sites (N-methyl/N-ethyl adjacent to an activating group) is 1. The summed E-state index contributed by atoms with van der Waals surface area (Å²) >= 11 is 0. The second-order valence-corrected chi connectivity index (χ2v) is 5.28. The highest BCUT2D eigenvalue weighted by atomic mass is 16.5. The molecule has 0 aromatic heterocycles. The topological polar surface area (TPSA) is 47.7 Å². The van der Waals surface area contributed by atoms with E-state index in [0.717, 1.165) is 26.2 Å². The Balaban J connectivity index is 1.80. The fourth-order valence-corrected chi connectivity index (χ4v) is 2.93. The fraction of sp³-hybridized carbons (Fsp3) is 1.00. The summed E-state index contributed by atoms with van der Waals surface area (Å²) in [4.78, 5) is 2.34. The highest BCUT2D eigenvalue weighted by molar-refractivity contribution is 4.84. The fourth-order valence-electron chi connectivity index (χ4n) is 2.93. The van der Waals surface area contributed by atoms with Crippen molar-refractivity contribution in [2.75, 3.05) is 33.4 Å². The van der Waals surface area contributed by atoms with Gasteiger partial charge >= 0.3 is 0 Å². The Bertz CT molecular complexity index is 213. The second kappa shape index (κ2) is 6.69. The molecule has 2 saturated heterocycles. The molecule has 4 nitrogen and oxygen atoms in total. The third kappa shape index (κ3) is 3.65. The van der Waals surface area contributed by atoms with Gasteiger partial charge in [-0.15, -0.1) is 0 Å². The molecule has 0 bridgehead atoms. The van der Waals surface area contributed by atoms with Crippen molar-refractivity contribution in [2.45, 2.75) is 50.4 Å². The van der Waals surface area contributed by atoms with Crippen LogP contribution in [0.1, 0.15) is 32.1 Å². The summed E-state index contributed by atoms with van der Waals surface area (Å²) in [7, 11) is 2.15. The SMILES string of the molecule is CN(CC1CCCCO1)C(CN)C1CCCO1. The van der Waals surface area contributed by atoms with Crippen LogP contribution in [0.4, 0.5) is 0 Å². The summed E-state index contributed by atoms with van der Waals surface area (Å²) < 4.78 is 11.5. The summed E-state index contributed by atoms with van der Waals surface area (Å²) in [6.07, 6.45) is 6.75. The van der Waals surface area contributed by atoms with E-state index in [1.54, 1.807) is 0 Å². The van der Waals surface area contributed by atoms with Crippen molar-refractivity contribution >= 4 is 0 Å². The molecule has 2 aliphatic rings. The molecular weight excluding hydrogens is 216 g/mol. The lowest BCUT2D eigenvalue weighted by molar-refractivity contribution is -0.0261. The third-order valence-electron chi connectivity index (χ3n) is 3.97. The average molecular weight is 242 g/mol. The number of rotatable bonds is 5. The maximum atomic E-state index is 5.90. The van der Waals surface area contributed by atoms with E-state index in [-0.39, 0.29) is 0 Å². The second-order valence-electron chi connectivity index (χ2n) is 5.28. The van der Waals surface area contributed by atoms with E-state index < -0.39 is 0 Å². The zero-order valence-corrected chi connectivity index (χ0v) is 10.9. The summed E-state index contributed by atoms with van der Waals surface area (Å²) in [6.45, 7) is 3.48. The van der Waals surface area contributed by atoms with E-state index in [2.05, 4.69) is 11.9 Å². The molecule has 0 amide bonds. The van der Waals surface area contributed by atoms with Crippen LogP contribution in [0.25, 0.3) is 0 Å². The molecule has 0 saturated carbocycles. The monoisotopic (exact) mass is 242 g/mol. The van der Waals surface area contributed by atoms with Gasteiger partial charge in [-0.25, -0.2) is 0 Å². The van der Waals surface area contributed by atoms with Crippen molar-refractivity contribution in [3.63, 3.8) is 0 Å². The van der Waals surface area contributed by atoms with Gasteiger partial charge < -0.3 is 15.2 Å². The van der Waals surface area contributed by atoms with Crippen molar-refractivity contribution in [1.29, 1.82) is 0 Å². The molecule has 17 heavy (non-hydrogen) atoms. The molecule has 2 fully saturated rings. The predicted molar refractivity (Wildman–Crippen MR) is 68.0 cm³/mol. The number of nitrogens with two attached hydrogens (primary N) is 1. The number of hydrogen-bond donors (Lipinski definition) is 1. The molecule has 3 unspecified atom stereocenters. The summed E-state index contributed by atoms with van der Waals surface area (Å²) in [5.74, 6) is 0. The number of hydrogen-bond acceptors (Lipinski definition) is 4. The molecule has 4 heteroatoms. The standard InChI is InChI=1S/C13H26N2O2/c1-15(10-11-5-2-3-7-16-11)12(9-14)13-6-4-8-17-13/h11-13H,2-10,14H2,1H3. The van der Waals surface area contributed by atoms with Crippen LogP contribution in [0.3, 0.4) is 0 Å². The molecule has 0 aromatic rings. The van der Waals surface area contributed by atoms with Crippen LogP contribution in [-0.2, 0) is 9.47 Å². The minimum absolute atomic E-state index is 0.327. The summed E-state index contributed by atoms with van der Waals surface area (Å²) in [5.41, 5.74) is 5.90. The first-order valence-electron chi connectivity index (χ1n) is 6.94. The smallest absolute Gasteiger partial charge is 0.0743 e. The van der Waals surface area contributed by atoms with Crippen LogP contribution in [-0.4, -0.2) is 56.5 Å². The highest BCUT2D eigenvalue weighted by Gasteiger charge is 2.29. The molecule has 2 N–H and O–H groups in total. The summed E-state index contributed by atoms with van der Waals surface area (Å²) in [6, 6.07) is 0.350. The Morgan fingerprint density at radius 3 is 2.59 bits per heavy atom. The Morgan fingerprint density at radius 2 is 2.00 bits per heavy atom. The van der Waals surface area contributed by atoms with Gasteiger partial charge in [0.25, 0.3) is 0 Å². The lowest BCUT2D eigenvalue weighted by atomic mass is 10.0. The van der Waals surface area contributed by atoms with Crippen molar-refractivity contribution < 1.29 is 9.47 Å². The van der Waals surface area contributed by atoms with Crippen molar-refractivity contribution in [2.24, 2.45) is 5.73 Å². The average Bonchev–Trinajstić information content (AvgIpc) is 2.85. The molecule has 3 atom stereocenters. The van der Waals surface area contributed by atoms with Gasteiger partial charge in [0, 0.05) is 32.3 Å². The van der Waals surface area contributed by atoms with E-state index >= 15 is 0 Å². The van der Waals surface area contributed by atoms with Crippen LogP contribution < -0.4 is 5.73 Å². The molecule has 0 aliphatic carbocycles. The van der Waals surface area contributed by atoms with Gasteiger partial charge in [0.05, 0.1) is 12.2 Å². The van der Waals surface area contributed by atoms with E-state index in [1.165, 1.54) is 25.7 Å². The zero-order chi connectivity index (χ0) is 12.1. The van der Waals surface area contributed by atoms with Crippen LogP contribution in [0.15, 0.2) is 0 Å². The van der Waals surface area contributed by atoms with Gasteiger partial charge in [0.2, 0.25) is 0 Å². The van der Waals surface area contributed by atoms with Crippen LogP contribution in [0, 0.1) is 0 Å². The largest absolute Gasteiger partial charge is 0.377 e. The zero-order valence-electron chi connectivity index (χ0n) is 10.9. The van der Waals surface area contributed by atoms with Gasteiger partial charge in [-0.1, -0.05) is 0 Å². The lowest BCUT2D eigenvalue weighted by Gasteiger charge is -2.34. The Labute approximate surface area is 104 Å². The first-order valence-corrected chi connectivity index (χ1v) is 6.94. The van der Waals surface area contributed by atoms with Crippen molar-refractivity contribution in [3.8, 4) is 0 Å². The molecule has 0 aromatic carbocycles. The molecule has 0 radical (unpaired) electrons. The molecule has 2 aliphatic heterocycles. The Hall–Kier alpha value is -0.160. The Kier molecular flexibility index (Phi) is 5.22. The van der Waals surface area contributed by atoms with Crippen LogP contribution in [0.5, 0.6) is 0 Å². The maximum Gasteiger partial charge on any atom is 0.0743 e. The van der Waals surface area contributed by atoms with E-state index in [4.69, 9.17) is 15.2 Å². The van der Waals surface area contributed by atoms with Crippen molar-refractivity contribution in [1.82, 2.24) is 4.90 Å². The normalized spacial score (nSPS) is 31.9. The molecule has 2 rings (SSSR count). The molecule has 2 heterocycles. The first kappa shape index (κ1) is 13.3. The summed E-state index contributed by atoms with van der Waals surface area (Å²) in [5, 5.41) is 0. The van der Waals surface area contributed by atoms with Gasteiger partial charge in [-0.05, 0) is 39.2 Å². The van der Waals surface area contributed by atoms with Crippen LogP contribution in [0.2, 0.25) is 0 Å². The van der Waals surface area contributed by atoms with Gasteiger partial charge in [0.15, 0.2) is 0 Å². The highest BCUT2D eigenvalue weighted by Crippen LogP contribution is 2.20. The quantitative estimate of drug-likeness (QED) is 0.781. The van der Waals surface area contributed by atoms with Crippen LogP contribution >= 0.6 is 0 Å². The van der Waals surface area contributed by atoms with E-state index in [0.29, 0.717) is 24.8 Å². The van der Waals surface area contributed by atoms with Gasteiger partial charge in [0.1, 0.15) is 0 Å². The minimum Gasteiger partial charge on any atom is -0.377 e. The minimum atomic E-state index is 0.327. The Morgan fingerprint density at radius 1 is 1.18 bits per heavy atom. The molecule has 100 valence electrons. The maximum absolute atomic E-state index is 5.90. The van der Waals surface area contributed by atoms with Gasteiger partial charge in [-0.3, -0.25) is 4.90 Å². The van der Waals surface area contributed by atoms with E-state index in [1.807, 2.05) is 0 Å². The van der Waals surface area contributed by atoms with Gasteiger partial charge in [-0.2, -0.15) is 0 Å².